The minimum atomic E-state index is -0.0436. The van der Waals surface area contributed by atoms with Crippen molar-refractivity contribution in [1.82, 2.24) is 15.3 Å². The summed E-state index contributed by atoms with van der Waals surface area (Å²) in [6, 6.07) is 13.7. The first kappa shape index (κ1) is 15.1. The van der Waals surface area contributed by atoms with Crippen molar-refractivity contribution in [2.75, 3.05) is 25.5 Å². The normalized spacial score (nSPS) is 10.7. The van der Waals surface area contributed by atoms with Gasteiger partial charge < -0.3 is 15.2 Å². The van der Waals surface area contributed by atoms with E-state index in [-0.39, 0.29) is 5.91 Å². The molecule has 0 atom stereocenters. The Morgan fingerprint density at radius 1 is 1.17 bits per heavy atom. The Balaban J connectivity index is 1.56. The summed E-state index contributed by atoms with van der Waals surface area (Å²) in [5.74, 6) is -0.0436. The second kappa shape index (κ2) is 6.52. The predicted molar refractivity (Wildman–Crippen MR) is 92.9 cm³/mol. The van der Waals surface area contributed by atoms with Crippen molar-refractivity contribution in [3.05, 3.63) is 59.9 Å². The molecule has 0 bridgehead atoms. The van der Waals surface area contributed by atoms with E-state index in [1.165, 1.54) is 5.56 Å². The third-order valence-electron chi connectivity index (χ3n) is 3.83. The van der Waals surface area contributed by atoms with Crippen LogP contribution < -0.4 is 10.2 Å². The molecule has 0 aliphatic heterocycles. The first-order chi connectivity index (χ1) is 11.1. The van der Waals surface area contributed by atoms with Gasteiger partial charge in [0.05, 0.1) is 17.4 Å². The van der Waals surface area contributed by atoms with Crippen molar-refractivity contribution >= 4 is 22.6 Å². The molecule has 0 fully saturated rings. The van der Waals surface area contributed by atoms with Gasteiger partial charge in [0, 0.05) is 31.9 Å². The van der Waals surface area contributed by atoms with Gasteiger partial charge in [-0.1, -0.05) is 6.07 Å². The SMILES string of the molecule is CN(C)c1ccc(C(=O)NCCc2ccc3nc[nH]c3c2)cc1. The molecule has 0 saturated carbocycles. The minimum absolute atomic E-state index is 0.0436. The molecular formula is C18H20N4O. The summed E-state index contributed by atoms with van der Waals surface area (Å²) < 4.78 is 0. The molecule has 118 valence electrons. The number of fused-ring (bicyclic) bond motifs is 1. The van der Waals surface area contributed by atoms with E-state index in [0.717, 1.165) is 23.1 Å². The molecule has 5 nitrogen and oxygen atoms in total. The van der Waals surface area contributed by atoms with Gasteiger partial charge in [0.2, 0.25) is 0 Å². The molecular weight excluding hydrogens is 288 g/mol. The zero-order valence-electron chi connectivity index (χ0n) is 13.3. The third kappa shape index (κ3) is 3.51. The highest BCUT2D eigenvalue weighted by Crippen LogP contribution is 2.13. The largest absolute Gasteiger partial charge is 0.378 e. The van der Waals surface area contributed by atoms with Crippen LogP contribution in [0.25, 0.3) is 11.0 Å². The fourth-order valence-electron chi connectivity index (χ4n) is 2.47. The molecule has 23 heavy (non-hydrogen) atoms. The number of amides is 1. The highest BCUT2D eigenvalue weighted by atomic mass is 16.1. The lowest BCUT2D eigenvalue weighted by atomic mass is 10.1. The first-order valence-corrected chi connectivity index (χ1v) is 7.61. The van der Waals surface area contributed by atoms with Crippen molar-refractivity contribution in [3.63, 3.8) is 0 Å². The van der Waals surface area contributed by atoms with Crippen molar-refractivity contribution in [2.24, 2.45) is 0 Å². The number of anilines is 1. The quantitative estimate of drug-likeness (QED) is 0.761. The molecule has 3 rings (SSSR count). The van der Waals surface area contributed by atoms with Gasteiger partial charge in [-0.3, -0.25) is 4.79 Å². The Labute approximate surface area is 135 Å². The Hall–Kier alpha value is -2.82. The summed E-state index contributed by atoms with van der Waals surface area (Å²) in [5, 5.41) is 2.96. The van der Waals surface area contributed by atoms with Crippen molar-refractivity contribution in [2.45, 2.75) is 6.42 Å². The Bertz CT molecular complexity index is 805. The standard InChI is InChI=1S/C18H20N4O/c1-22(2)15-6-4-14(5-7-15)18(23)19-10-9-13-3-8-16-17(11-13)21-12-20-16/h3-8,11-12H,9-10H2,1-2H3,(H,19,23)(H,20,21). The van der Waals surface area contributed by atoms with Gasteiger partial charge in [0.1, 0.15) is 0 Å². The highest BCUT2D eigenvalue weighted by molar-refractivity contribution is 5.94. The fourth-order valence-corrected chi connectivity index (χ4v) is 2.47. The number of imidazole rings is 1. The average Bonchev–Trinajstić information content (AvgIpc) is 3.02. The maximum Gasteiger partial charge on any atom is 0.251 e. The number of hydrogen-bond acceptors (Lipinski definition) is 3. The van der Waals surface area contributed by atoms with Crippen molar-refractivity contribution in [3.8, 4) is 0 Å². The summed E-state index contributed by atoms with van der Waals surface area (Å²) in [5.41, 5.74) is 4.91. The highest BCUT2D eigenvalue weighted by Gasteiger charge is 2.06. The number of hydrogen-bond donors (Lipinski definition) is 2. The number of aromatic nitrogens is 2. The van der Waals surface area contributed by atoms with Crippen LogP contribution in [0.2, 0.25) is 0 Å². The molecule has 0 aliphatic carbocycles. The Morgan fingerprint density at radius 3 is 2.70 bits per heavy atom. The molecule has 1 aromatic heterocycles. The molecule has 0 radical (unpaired) electrons. The van der Waals surface area contributed by atoms with E-state index in [0.29, 0.717) is 12.1 Å². The number of carbonyl (C=O) groups excluding carboxylic acids is 1. The first-order valence-electron chi connectivity index (χ1n) is 7.61. The number of aromatic amines is 1. The molecule has 1 amide bonds. The zero-order chi connectivity index (χ0) is 16.2. The van der Waals surface area contributed by atoms with Gasteiger partial charge in [0.15, 0.2) is 0 Å². The van der Waals surface area contributed by atoms with Gasteiger partial charge in [-0.25, -0.2) is 4.98 Å². The van der Waals surface area contributed by atoms with Crippen LogP contribution in [0.4, 0.5) is 5.69 Å². The predicted octanol–water partition coefficient (Wildman–Crippen LogP) is 2.60. The van der Waals surface area contributed by atoms with Gasteiger partial charge in [0.25, 0.3) is 5.91 Å². The van der Waals surface area contributed by atoms with Crippen LogP contribution in [0, 0.1) is 0 Å². The molecule has 2 N–H and O–H groups in total. The van der Waals surface area contributed by atoms with Crippen LogP contribution in [0.1, 0.15) is 15.9 Å². The van der Waals surface area contributed by atoms with E-state index in [1.807, 2.05) is 55.4 Å². The van der Waals surface area contributed by atoms with Gasteiger partial charge >= 0.3 is 0 Å². The topological polar surface area (TPSA) is 61.0 Å². The van der Waals surface area contributed by atoms with Crippen LogP contribution in [-0.4, -0.2) is 36.5 Å². The van der Waals surface area contributed by atoms with Gasteiger partial charge in [-0.15, -0.1) is 0 Å². The van der Waals surface area contributed by atoms with Crippen LogP contribution in [-0.2, 0) is 6.42 Å². The lowest BCUT2D eigenvalue weighted by Crippen LogP contribution is -2.25. The summed E-state index contributed by atoms with van der Waals surface area (Å²) in [6.45, 7) is 0.605. The molecule has 0 unspecified atom stereocenters. The molecule has 0 aliphatic rings. The average molecular weight is 308 g/mol. The van der Waals surface area contributed by atoms with Gasteiger partial charge in [-0.2, -0.15) is 0 Å². The second-order valence-corrected chi connectivity index (χ2v) is 5.70. The summed E-state index contributed by atoms with van der Waals surface area (Å²) in [7, 11) is 3.96. The third-order valence-corrected chi connectivity index (χ3v) is 3.83. The van der Waals surface area contributed by atoms with E-state index < -0.39 is 0 Å². The number of benzene rings is 2. The lowest BCUT2D eigenvalue weighted by Gasteiger charge is -2.12. The number of carbonyl (C=O) groups is 1. The maximum absolute atomic E-state index is 12.1. The Kier molecular flexibility index (Phi) is 4.28. The summed E-state index contributed by atoms with van der Waals surface area (Å²) in [6.07, 6.45) is 2.48. The second-order valence-electron chi connectivity index (χ2n) is 5.70. The lowest BCUT2D eigenvalue weighted by molar-refractivity contribution is 0.0954. The molecule has 3 aromatic rings. The van der Waals surface area contributed by atoms with E-state index in [9.17, 15) is 4.79 Å². The van der Waals surface area contributed by atoms with Crippen molar-refractivity contribution < 1.29 is 4.79 Å². The van der Waals surface area contributed by atoms with E-state index in [1.54, 1.807) is 6.33 Å². The molecule has 2 aromatic carbocycles. The smallest absolute Gasteiger partial charge is 0.251 e. The molecule has 1 heterocycles. The van der Waals surface area contributed by atoms with Crippen molar-refractivity contribution in [1.29, 1.82) is 0 Å². The number of rotatable bonds is 5. The van der Waals surface area contributed by atoms with Crippen LogP contribution >= 0.6 is 0 Å². The summed E-state index contributed by atoms with van der Waals surface area (Å²) >= 11 is 0. The van der Waals surface area contributed by atoms with E-state index in [2.05, 4.69) is 21.4 Å². The monoisotopic (exact) mass is 308 g/mol. The number of nitrogens with one attached hydrogen (secondary N) is 2. The zero-order valence-corrected chi connectivity index (χ0v) is 13.3. The van der Waals surface area contributed by atoms with Crippen LogP contribution in [0.15, 0.2) is 48.8 Å². The molecule has 0 saturated heterocycles. The summed E-state index contributed by atoms with van der Waals surface area (Å²) in [4.78, 5) is 21.4. The number of nitrogens with zero attached hydrogens (tertiary/aromatic N) is 2. The molecule has 5 heteroatoms. The maximum atomic E-state index is 12.1. The minimum Gasteiger partial charge on any atom is -0.378 e. The van der Waals surface area contributed by atoms with E-state index >= 15 is 0 Å². The fraction of sp³-hybridized carbons (Fsp3) is 0.222. The Morgan fingerprint density at radius 2 is 1.96 bits per heavy atom. The molecule has 0 spiro atoms. The van der Waals surface area contributed by atoms with E-state index in [4.69, 9.17) is 0 Å². The van der Waals surface area contributed by atoms with Crippen LogP contribution in [0.3, 0.4) is 0 Å². The van der Waals surface area contributed by atoms with Gasteiger partial charge in [-0.05, 0) is 48.4 Å². The van der Waals surface area contributed by atoms with Crippen LogP contribution in [0.5, 0.6) is 0 Å². The number of H-pyrrole nitrogens is 1.